The molecule has 0 unspecified atom stereocenters. The number of oxime groups is 1. The first-order valence-electron chi connectivity index (χ1n) is 6.50. The molecular formula is C15H18N4O2. The van der Waals surface area contributed by atoms with Gasteiger partial charge in [-0.15, -0.1) is 5.10 Å². The van der Waals surface area contributed by atoms with Gasteiger partial charge in [0.25, 0.3) is 0 Å². The number of aryl methyl sites for hydroxylation is 3. The Bertz CT molecular complexity index is 691. The van der Waals surface area contributed by atoms with Gasteiger partial charge in [0.1, 0.15) is 5.75 Å². The maximum Gasteiger partial charge on any atom is 0.250 e. The predicted octanol–water partition coefficient (Wildman–Crippen LogP) is 2.60. The number of nitrogens with two attached hydrogens (primary N) is 1. The van der Waals surface area contributed by atoms with Crippen LogP contribution in [0.3, 0.4) is 0 Å². The van der Waals surface area contributed by atoms with Crippen LogP contribution in [-0.2, 0) is 0 Å². The summed E-state index contributed by atoms with van der Waals surface area (Å²) in [7, 11) is 0. The summed E-state index contributed by atoms with van der Waals surface area (Å²) in [4.78, 5) is 0. The van der Waals surface area contributed by atoms with Crippen LogP contribution in [0.5, 0.6) is 11.6 Å². The third-order valence-corrected chi connectivity index (χ3v) is 3.20. The number of ether oxygens (including phenoxy) is 1. The minimum atomic E-state index is -0.0510. The fourth-order valence-corrected chi connectivity index (χ4v) is 2.11. The molecule has 0 aliphatic rings. The summed E-state index contributed by atoms with van der Waals surface area (Å²) in [6, 6.07) is 5.82. The molecule has 0 fully saturated rings. The summed E-state index contributed by atoms with van der Waals surface area (Å²) in [6.45, 7) is 7.59. The first kappa shape index (κ1) is 14.8. The van der Waals surface area contributed by atoms with Crippen molar-refractivity contribution >= 4 is 5.84 Å². The van der Waals surface area contributed by atoms with E-state index in [4.69, 9.17) is 15.7 Å². The van der Waals surface area contributed by atoms with Gasteiger partial charge in [0.2, 0.25) is 5.88 Å². The average molecular weight is 286 g/mol. The normalized spacial score (nSPS) is 11.5. The van der Waals surface area contributed by atoms with Crippen molar-refractivity contribution in [3.8, 4) is 11.6 Å². The van der Waals surface area contributed by atoms with E-state index in [0.717, 1.165) is 16.7 Å². The summed E-state index contributed by atoms with van der Waals surface area (Å²) in [5.41, 5.74) is 9.79. The van der Waals surface area contributed by atoms with Gasteiger partial charge in [-0.2, -0.15) is 5.10 Å². The largest absolute Gasteiger partial charge is 0.437 e. The van der Waals surface area contributed by atoms with E-state index in [9.17, 15) is 0 Å². The molecule has 0 bridgehead atoms. The van der Waals surface area contributed by atoms with Crippen molar-refractivity contribution in [1.82, 2.24) is 10.2 Å². The second kappa shape index (κ2) is 5.78. The number of hydrogen-bond acceptors (Lipinski definition) is 5. The van der Waals surface area contributed by atoms with Gasteiger partial charge in [-0.3, -0.25) is 0 Å². The average Bonchev–Trinajstić information content (AvgIpc) is 2.41. The third-order valence-electron chi connectivity index (χ3n) is 3.20. The van der Waals surface area contributed by atoms with Crippen LogP contribution in [0.25, 0.3) is 0 Å². The molecule has 0 atom stereocenters. The topological polar surface area (TPSA) is 93.6 Å². The summed E-state index contributed by atoms with van der Waals surface area (Å²) in [6.07, 6.45) is 0. The van der Waals surface area contributed by atoms with E-state index in [-0.39, 0.29) is 11.7 Å². The van der Waals surface area contributed by atoms with Crippen LogP contribution in [0.4, 0.5) is 0 Å². The van der Waals surface area contributed by atoms with Gasteiger partial charge in [0, 0.05) is 0 Å². The third kappa shape index (κ3) is 3.10. The van der Waals surface area contributed by atoms with Gasteiger partial charge in [0.05, 0.1) is 11.3 Å². The molecule has 6 heteroatoms. The molecule has 110 valence electrons. The molecule has 0 amide bonds. The van der Waals surface area contributed by atoms with Crippen LogP contribution in [0.15, 0.2) is 23.4 Å². The smallest absolute Gasteiger partial charge is 0.250 e. The molecule has 1 aromatic heterocycles. The Morgan fingerprint density at radius 1 is 1.10 bits per heavy atom. The second-order valence-electron chi connectivity index (χ2n) is 5.00. The van der Waals surface area contributed by atoms with Crippen molar-refractivity contribution in [2.45, 2.75) is 27.7 Å². The van der Waals surface area contributed by atoms with Crippen molar-refractivity contribution in [2.24, 2.45) is 10.9 Å². The quantitative estimate of drug-likeness (QED) is 0.391. The van der Waals surface area contributed by atoms with Crippen molar-refractivity contribution in [3.63, 3.8) is 0 Å². The molecule has 2 rings (SSSR count). The van der Waals surface area contributed by atoms with Crippen molar-refractivity contribution < 1.29 is 9.94 Å². The molecule has 0 aliphatic carbocycles. The first-order chi connectivity index (χ1) is 9.92. The van der Waals surface area contributed by atoms with Crippen LogP contribution < -0.4 is 10.5 Å². The maximum absolute atomic E-state index is 8.94. The van der Waals surface area contributed by atoms with Crippen LogP contribution >= 0.6 is 0 Å². The molecule has 2 aromatic rings. The molecular weight excluding hydrogens is 268 g/mol. The summed E-state index contributed by atoms with van der Waals surface area (Å²) < 4.78 is 5.78. The number of hydrogen-bond donors (Lipinski definition) is 2. The Balaban J connectivity index is 2.51. The lowest BCUT2D eigenvalue weighted by molar-refractivity contribution is 0.318. The van der Waals surface area contributed by atoms with Crippen LogP contribution in [0, 0.1) is 27.7 Å². The molecule has 1 heterocycles. The number of amidine groups is 1. The number of benzene rings is 1. The van der Waals surface area contributed by atoms with Crippen molar-refractivity contribution in [2.75, 3.05) is 0 Å². The molecule has 21 heavy (non-hydrogen) atoms. The minimum Gasteiger partial charge on any atom is -0.437 e. The highest BCUT2D eigenvalue weighted by atomic mass is 16.5. The fraction of sp³-hybridized carbons (Fsp3) is 0.267. The van der Waals surface area contributed by atoms with E-state index in [0.29, 0.717) is 17.0 Å². The number of rotatable bonds is 3. The standard InChI is InChI=1S/C15H18N4O2/c1-8-5-9(2)7-12(6-8)21-15-13(14(16)19-20)10(3)11(4)17-18-15/h5-7,20H,1-4H3,(H2,16,19). The minimum absolute atomic E-state index is 0.0510. The molecule has 1 aromatic carbocycles. The van der Waals surface area contributed by atoms with E-state index in [1.807, 2.05) is 39.0 Å². The van der Waals surface area contributed by atoms with E-state index in [1.165, 1.54) is 0 Å². The Hall–Kier alpha value is -2.63. The highest BCUT2D eigenvalue weighted by molar-refractivity contribution is 6.00. The lowest BCUT2D eigenvalue weighted by Gasteiger charge is -2.13. The van der Waals surface area contributed by atoms with Crippen molar-refractivity contribution in [3.05, 3.63) is 46.1 Å². The lowest BCUT2D eigenvalue weighted by atomic mass is 10.1. The maximum atomic E-state index is 8.94. The van der Waals surface area contributed by atoms with Crippen LogP contribution in [0.1, 0.15) is 27.9 Å². The molecule has 3 N–H and O–H groups in total. The molecule has 0 radical (unpaired) electrons. The molecule has 0 spiro atoms. The summed E-state index contributed by atoms with van der Waals surface area (Å²) >= 11 is 0. The van der Waals surface area contributed by atoms with Gasteiger partial charge in [-0.05, 0) is 56.5 Å². The molecule has 6 nitrogen and oxygen atoms in total. The van der Waals surface area contributed by atoms with Crippen LogP contribution in [0.2, 0.25) is 0 Å². The monoisotopic (exact) mass is 286 g/mol. The van der Waals surface area contributed by atoms with Gasteiger partial charge < -0.3 is 15.7 Å². The Morgan fingerprint density at radius 3 is 2.29 bits per heavy atom. The Kier molecular flexibility index (Phi) is 4.07. The van der Waals surface area contributed by atoms with Gasteiger partial charge in [-0.25, -0.2) is 0 Å². The Labute approximate surface area is 123 Å². The summed E-state index contributed by atoms with van der Waals surface area (Å²) in [5, 5.41) is 20.0. The van der Waals surface area contributed by atoms with Gasteiger partial charge >= 0.3 is 0 Å². The van der Waals surface area contributed by atoms with Crippen LogP contribution in [-0.4, -0.2) is 21.2 Å². The zero-order valence-electron chi connectivity index (χ0n) is 12.5. The first-order valence-corrected chi connectivity index (χ1v) is 6.50. The lowest BCUT2D eigenvalue weighted by Crippen LogP contribution is -2.18. The second-order valence-corrected chi connectivity index (χ2v) is 5.00. The van der Waals surface area contributed by atoms with Crippen molar-refractivity contribution in [1.29, 1.82) is 0 Å². The van der Waals surface area contributed by atoms with E-state index >= 15 is 0 Å². The number of aromatic nitrogens is 2. The van der Waals surface area contributed by atoms with Gasteiger partial charge in [0.15, 0.2) is 5.84 Å². The van der Waals surface area contributed by atoms with E-state index in [2.05, 4.69) is 15.4 Å². The predicted molar refractivity (Wildman–Crippen MR) is 80.0 cm³/mol. The zero-order valence-corrected chi connectivity index (χ0v) is 12.5. The highest BCUT2D eigenvalue weighted by Gasteiger charge is 2.17. The SMILES string of the molecule is Cc1cc(C)cc(Oc2nnc(C)c(C)c2/C(N)=N/O)c1. The molecule has 0 saturated heterocycles. The van der Waals surface area contributed by atoms with E-state index < -0.39 is 0 Å². The fourth-order valence-electron chi connectivity index (χ4n) is 2.11. The van der Waals surface area contributed by atoms with E-state index in [1.54, 1.807) is 6.92 Å². The zero-order chi connectivity index (χ0) is 15.6. The van der Waals surface area contributed by atoms with Gasteiger partial charge in [-0.1, -0.05) is 11.2 Å². The molecule has 0 saturated carbocycles. The number of nitrogens with zero attached hydrogens (tertiary/aromatic N) is 3. The summed E-state index contributed by atoms with van der Waals surface area (Å²) in [5.74, 6) is 0.806. The Morgan fingerprint density at radius 2 is 1.71 bits per heavy atom. The highest BCUT2D eigenvalue weighted by Crippen LogP contribution is 2.27. The molecule has 0 aliphatic heterocycles.